The number of rotatable bonds is 6. The first kappa shape index (κ1) is 24.3. The largest absolute Gasteiger partial charge is 0.493 e. The second-order valence-electron chi connectivity index (χ2n) is 9.34. The van der Waals surface area contributed by atoms with Gasteiger partial charge in [0.2, 0.25) is 0 Å². The molecule has 3 aliphatic rings. The topological polar surface area (TPSA) is 102 Å². The Hall–Kier alpha value is -3.45. The zero-order valence-corrected chi connectivity index (χ0v) is 20.6. The minimum absolute atomic E-state index is 0.0441. The highest BCUT2D eigenvalue weighted by atomic mass is 35.5. The number of carboxylic acids is 1. The molecule has 0 spiro atoms. The molecule has 2 aromatic rings. The molecule has 2 atom stereocenters. The van der Waals surface area contributed by atoms with Crippen LogP contribution in [0.4, 0.5) is 0 Å². The van der Waals surface area contributed by atoms with E-state index in [1.165, 1.54) is 19.2 Å². The Kier molecular flexibility index (Phi) is 6.67. The Morgan fingerprint density at radius 3 is 2.53 bits per heavy atom. The van der Waals surface area contributed by atoms with Crippen molar-refractivity contribution < 1.29 is 29.0 Å². The maximum Gasteiger partial charge on any atom is 0.335 e. The molecule has 0 radical (unpaired) electrons. The Bertz CT molecular complexity index is 1310. The first-order valence-corrected chi connectivity index (χ1v) is 12.4. The van der Waals surface area contributed by atoms with Crippen LogP contribution < -0.4 is 9.47 Å². The summed E-state index contributed by atoms with van der Waals surface area (Å²) in [5.74, 6) is -0.994. The molecular formula is C28H26ClNO6. The Morgan fingerprint density at radius 2 is 1.81 bits per heavy atom. The summed E-state index contributed by atoms with van der Waals surface area (Å²) in [7, 11) is 1.51. The van der Waals surface area contributed by atoms with Crippen LogP contribution in [0.25, 0.3) is 0 Å². The number of nitrogens with zero attached hydrogens (tertiary/aromatic N) is 1. The highest BCUT2D eigenvalue weighted by Crippen LogP contribution is 2.48. The van der Waals surface area contributed by atoms with Crippen LogP contribution in [0.2, 0.25) is 5.02 Å². The van der Waals surface area contributed by atoms with E-state index in [0.29, 0.717) is 34.9 Å². The third kappa shape index (κ3) is 4.44. The van der Waals surface area contributed by atoms with Crippen molar-refractivity contribution >= 4 is 34.8 Å². The molecule has 0 bridgehead atoms. The van der Waals surface area contributed by atoms with Crippen LogP contribution in [0.15, 0.2) is 52.7 Å². The van der Waals surface area contributed by atoms with Crippen LogP contribution in [0.3, 0.4) is 0 Å². The fourth-order valence-corrected chi connectivity index (χ4v) is 5.69. The minimum atomic E-state index is -0.996. The molecule has 1 fully saturated rings. The summed E-state index contributed by atoms with van der Waals surface area (Å²) < 4.78 is 11.6. The van der Waals surface area contributed by atoms with Crippen molar-refractivity contribution in [3.63, 3.8) is 0 Å². The number of aromatic carboxylic acids is 1. The van der Waals surface area contributed by atoms with E-state index in [1.54, 1.807) is 24.3 Å². The number of carboxylic acid groups (broad SMARTS) is 1. The van der Waals surface area contributed by atoms with Gasteiger partial charge in [-0.1, -0.05) is 23.7 Å². The number of halogens is 1. The van der Waals surface area contributed by atoms with E-state index in [9.17, 15) is 14.4 Å². The Morgan fingerprint density at radius 1 is 1.06 bits per heavy atom. The molecule has 7 nitrogen and oxygen atoms in total. The van der Waals surface area contributed by atoms with Crippen molar-refractivity contribution in [1.29, 1.82) is 0 Å². The SMILES string of the molecule is COc1cc(C2C3=C(CCCC3=O)N=C3CCCC(=O)C32)cc(Cl)c1OCc1ccc(C(=O)O)cc1. The van der Waals surface area contributed by atoms with Gasteiger partial charge in [-0.05, 0) is 61.1 Å². The molecule has 1 heterocycles. The monoisotopic (exact) mass is 507 g/mol. The zero-order valence-electron chi connectivity index (χ0n) is 19.9. The van der Waals surface area contributed by atoms with E-state index in [-0.39, 0.29) is 23.7 Å². The lowest BCUT2D eigenvalue weighted by molar-refractivity contribution is -0.122. The van der Waals surface area contributed by atoms with E-state index >= 15 is 0 Å². The molecule has 2 unspecified atom stereocenters. The van der Waals surface area contributed by atoms with Crippen molar-refractivity contribution in [3.05, 3.63) is 69.4 Å². The van der Waals surface area contributed by atoms with Crippen LogP contribution in [-0.2, 0) is 16.2 Å². The summed E-state index contributed by atoms with van der Waals surface area (Å²) in [6.45, 7) is 0.157. The number of hydrogen-bond acceptors (Lipinski definition) is 6. The average Bonchev–Trinajstić information content (AvgIpc) is 2.87. The molecule has 8 heteroatoms. The second kappa shape index (κ2) is 9.90. The van der Waals surface area contributed by atoms with Gasteiger partial charge in [-0.3, -0.25) is 14.6 Å². The van der Waals surface area contributed by atoms with Crippen molar-refractivity contribution in [1.82, 2.24) is 0 Å². The molecule has 36 heavy (non-hydrogen) atoms. The van der Waals surface area contributed by atoms with Gasteiger partial charge in [0.25, 0.3) is 0 Å². The molecule has 0 saturated heterocycles. The Balaban J connectivity index is 1.50. The standard InChI is InChI=1S/C28H26ClNO6/c1-35-23-13-17(12-18(29)27(23)36-14-15-8-10-16(11-9-15)28(33)34)24-25-19(4-2-6-21(25)31)30-20-5-3-7-22(32)26(20)24/h8-13,24-25H,2-7,14H2,1H3,(H,33,34). The van der Waals surface area contributed by atoms with Crippen molar-refractivity contribution in [2.45, 2.75) is 51.0 Å². The number of carbonyl (C=O) groups is 3. The van der Waals surface area contributed by atoms with Crippen LogP contribution in [0.1, 0.15) is 65.9 Å². The van der Waals surface area contributed by atoms with Gasteiger partial charge in [0.1, 0.15) is 12.4 Å². The summed E-state index contributed by atoms with van der Waals surface area (Å²) in [6.07, 6.45) is 3.96. The van der Waals surface area contributed by atoms with E-state index in [2.05, 4.69) is 0 Å². The molecule has 2 aromatic carbocycles. The van der Waals surface area contributed by atoms with Crippen molar-refractivity contribution in [2.75, 3.05) is 7.11 Å². The van der Waals surface area contributed by atoms with Gasteiger partial charge in [0.05, 0.1) is 23.6 Å². The number of fused-ring (bicyclic) bond motifs is 1. The first-order valence-electron chi connectivity index (χ1n) is 12.1. The molecule has 0 aromatic heterocycles. The number of ether oxygens (including phenoxy) is 2. The molecule has 1 saturated carbocycles. The smallest absolute Gasteiger partial charge is 0.335 e. The highest BCUT2D eigenvalue weighted by Gasteiger charge is 2.44. The third-order valence-corrected chi connectivity index (χ3v) is 7.39. The first-order chi connectivity index (χ1) is 17.4. The summed E-state index contributed by atoms with van der Waals surface area (Å²) in [5.41, 5.74) is 4.01. The lowest BCUT2D eigenvalue weighted by Gasteiger charge is -2.38. The molecule has 186 valence electrons. The lowest BCUT2D eigenvalue weighted by Crippen LogP contribution is -2.39. The van der Waals surface area contributed by atoms with Crippen LogP contribution in [0.5, 0.6) is 11.5 Å². The molecule has 5 rings (SSSR count). The van der Waals surface area contributed by atoms with E-state index in [4.69, 9.17) is 31.2 Å². The number of allylic oxidation sites excluding steroid dienone is 2. The van der Waals surface area contributed by atoms with Gasteiger partial charge in [-0.15, -0.1) is 0 Å². The van der Waals surface area contributed by atoms with Crippen LogP contribution >= 0.6 is 11.6 Å². The van der Waals surface area contributed by atoms with Gasteiger partial charge < -0.3 is 14.6 Å². The summed E-state index contributed by atoms with van der Waals surface area (Å²) >= 11 is 6.69. The summed E-state index contributed by atoms with van der Waals surface area (Å²) in [4.78, 5) is 42.0. The highest BCUT2D eigenvalue weighted by molar-refractivity contribution is 6.32. The fourth-order valence-electron chi connectivity index (χ4n) is 5.42. The van der Waals surface area contributed by atoms with E-state index in [1.807, 2.05) is 0 Å². The van der Waals surface area contributed by atoms with E-state index in [0.717, 1.165) is 48.2 Å². The number of carbonyl (C=O) groups excluding carboxylic acids is 2. The van der Waals surface area contributed by atoms with Gasteiger partial charge in [-0.25, -0.2) is 4.79 Å². The van der Waals surface area contributed by atoms with E-state index < -0.39 is 17.8 Å². The average molecular weight is 508 g/mol. The maximum atomic E-state index is 13.1. The second-order valence-corrected chi connectivity index (χ2v) is 9.75. The predicted octanol–water partition coefficient (Wildman–Crippen LogP) is 5.54. The van der Waals surface area contributed by atoms with Crippen LogP contribution in [0, 0.1) is 5.92 Å². The number of Topliss-reactive ketones (excluding diaryl/α,β-unsaturated/α-hetero) is 2. The van der Waals surface area contributed by atoms with Gasteiger partial charge in [0.15, 0.2) is 17.3 Å². The Labute approximate surface area is 213 Å². The number of hydrogen-bond donors (Lipinski definition) is 1. The molecule has 1 N–H and O–H groups in total. The molecule has 0 amide bonds. The number of benzene rings is 2. The van der Waals surface area contributed by atoms with Gasteiger partial charge >= 0.3 is 5.97 Å². The normalized spacial score (nSPS) is 21.4. The molecule has 1 aliphatic heterocycles. The quantitative estimate of drug-likeness (QED) is 0.550. The summed E-state index contributed by atoms with van der Waals surface area (Å²) in [6, 6.07) is 9.94. The molecule has 2 aliphatic carbocycles. The predicted molar refractivity (Wildman–Crippen MR) is 134 cm³/mol. The lowest BCUT2D eigenvalue weighted by atomic mass is 9.67. The maximum absolute atomic E-state index is 13.1. The van der Waals surface area contributed by atoms with Gasteiger partial charge in [0, 0.05) is 35.7 Å². The zero-order chi connectivity index (χ0) is 25.4. The third-order valence-electron chi connectivity index (χ3n) is 7.11. The number of methoxy groups -OCH3 is 1. The number of aliphatic imine (C=N–C) groups is 1. The number of ketones is 2. The fraction of sp³-hybridized carbons (Fsp3) is 0.357. The molecular weight excluding hydrogens is 482 g/mol. The van der Waals surface area contributed by atoms with Crippen LogP contribution in [-0.4, -0.2) is 35.5 Å². The minimum Gasteiger partial charge on any atom is -0.493 e. The van der Waals surface area contributed by atoms with Gasteiger partial charge in [-0.2, -0.15) is 0 Å². The van der Waals surface area contributed by atoms with Crippen molar-refractivity contribution in [2.24, 2.45) is 10.9 Å². The summed E-state index contributed by atoms with van der Waals surface area (Å²) in [5, 5.41) is 9.39. The van der Waals surface area contributed by atoms with Crippen molar-refractivity contribution in [3.8, 4) is 11.5 Å².